The number of alkyl halides is 3. The Morgan fingerprint density at radius 3 is 2.14 bits per heavy atom. The Morgan fingerprint density at radius 1 is 0.955 bits per heavy atom. The molecule has 0 fully saturated rings. The van der Waals surface area contributed by atoms with Crippen molar-refractivity contribution in [3.8, 4) is 11.8 Å². The number of benzene rings is 2. The summed E-state index contributed by atoms with van der Waals surface area (Å²) in [5, 5.41) is 10.1. The molecule has 0 radical (unpaired) electrons. The van der Waals surface area contributed by atoms with Gasteiger partial charge in [-0.1, -0.05) is 53.9 Å². The maximum absolute atomic E-state index is 13.3. The fourth-order valence-electron chi connectivity index (χ4n) is 2.10. The minimum absolute atomic E-state index is 0.292. The van der Waals surface area contributed by atoms with Gasteiger partial charge < -0.3 is 5.11 Å². The summed E-state index contributed by atoms with van der Waals surface area (Å²) in [5.41, 5.74) is -1.25. The summed E-state index contributed by atoms with van der Waals surface area (Å²) in [6.45, 7) is 3.66. The smallest absolute Gasteiger partial charge is 0.366 e. The van der Waals surface area contributed by atoms with Gasteiger partial charge in [0.25, 0.3) is 0 Å². The molecule has 0 heterocycles. The van der Waals surface area contributed by atoms with E-state index in [0.29, 0.717) is 5.56 Å². The van der Waals surface area contributed by atoms with Gasteiger partial charge in [0.1, 0.15) is 0 Å². The summed E-state index contributed by atoms with van der Waals surface area (Å²) in [7, 11) is 0. The van der Waals surface area contributed by atoms with Gasteiger partial charge in [-0.25, -0.2) is 0 Å². The average molecular weight is 304 g/mol. The van der Waals surface area contributed by atoms with Crippen LogP contribution >= 0.6 is 0 Å². The van der Waals surface area contributed by atoms with Crippen LogP contribution in [0.1, 0.15) is 22.3 Å². The van der Waals surface area contributed by atoms with E-state index in [9.17, 15) is 18.3 Å². The van der Waals surface area contributed by atoms with Crippen LogP contribution in [0.25, 0.3) is 0 Å². The maximum atomic E-state index is 13.3. The molecule has 0 aliphatic carbocycles. The number of hydrogen-bond acceptors (Lipinski definition) is 1. The molecule has 0 spiro atoms. The minimum Gasteiger partial charge on any atom is -0.366 e. The van der Waals surface area contributed by atoms with Crippen LogP contribution in [0.5, 0.6) is 0 Å². The summed E-state index contributed by atoms with van der Waals surface area (Å²) in [4.78, 5) is 0. The van der Waals surface area contributed by atoms with Crippen LogP contribution in [0.2, 0.25) is 0 Å². The van der Waals surface area contributed by atoms with E-state index >= 15 is 0 Å². The molecule has 2 rings (SSSR count). The molecule has 0 saturated heterocycles. The lowest BCUT2D eigenvalue weighted by Gasteiger charge is -2.25. The van der Waals surface area contributed by atoms with Crippen LogP contribution in [0, 0.1) is 25.7 Å². The molecular weight excluding hydrogens is 289 g/mol. The average Bonchev–Trinajstić information content (AvgIpc) is 2.45. The molecule has 1 unspecified atom stereocenters. The van der Waals surface area contributed by atoms with Crippen LogP contribution in [0.4, 0.5) is 13.2 Å². The van der Waals surface area contributed by atoms with Crippen LogP contribution in [-0.4, -0.2) is 11.3 Å². The van der Waals surface area contributed by atoms with Gasteiger partial charge in [0.15, 0.2) is 0 Å². The standard InChI is InChI=1S/C18H15F3O/c1-13-8-9-15(14(2)12-13)10-11-17(22,18(19,20)21)16-6-4-3-5-7-16/h3-9,12,22H,1-2H3. The second-order valence-corrected chi connectivity index (χ2v) is 5.14. The Balaban J connectivity index is 2.52. The van der Waals surface area contributed by atoms with Gasteiger partial charge in [-0.15, -0.1) is 0 Å². The minimum atomic E-state index is -4.89. The van der Waals surface area contributed by atoms with E-state index < -0.39 is 11.8 Å². The molecular formula is C18H15F3O. The summed E-state index contributed by atoms with van der Waals surface area (Å²) in [6, 6.07) is 12.1. The summed E-state index contributed by atoms with van der Waals surface area (Å²) >= 11 is 0. The Bertz CT molecular complexity index is 723. The van der Waals surface area contributed by atoms with Crippen molar-refractivity contribution in [2.24, 2.45) is 0 Å². The van der Waals surface area contributed by atoms with Crippen LogP contribution in [0.15, 0.2) is 48.5 Å². The zero-order chi connectivity index (χ0) is 16.4. The number of aryl methyl sites for hydroxylation is 2. The third-order valence-corrected chi connectivity index (χ3v) is 3.36. The molecule has 0 saturated carbocycles. The highest BCUT2D eigenvalue weighted by molar-refractivity contribution is 5.46. The number of rotatable bonds is 1. The van der Waals surface area contributed by atoms with Gasteiger partial charge in [0.2, 0.25) is 5.60 Å². The van der Waals surface area contributed by atoms with Gasteiger partial charge in [0, 0.05) is 11.1 Å². The van der Waals surface area contributed by atoms with E-state index in [2.05, 4.69) is 5.92 Å². The van der Waals surface area contributed by atoms with E-state index in [1.54, 1.807) is 25.1 Å². The van der Waals surface area contributed by atoms with E-state index in [1.807, 2.05) is 18.9 Å². The lowest BCUT2D eigenvalue weighted by molar-refractivity contribution is -0.240. The normalized spacial score (nSPS) is 13.9. The predicted molar refractivity (Wildman–Crippen MR) is 79.2 cm³/mol. The molecule has 1 nitrogen and oxygen atoms in total. The second-order valence-electron chi connectivity index (χ2n) is 5.14. The van der Waals surface area contributed by atoms with Crippen molar-refractivity contribution < 1.29 is 18.3 Å². The number of halogens is 3. The van der Waals surface area contributed by atoms with E-state index in [1.165, 1.54) is 24.3 Å². The van der Waals surface area contributed by atoms with E-state index in [-0.39, 0.29) is 5.56 Å². The first-order valence-corrected chi connectivity index (χ1v) is 6.69. The van der Waals surface area contributed by atoms with Gasteiger partial charge in [-0.05, 0) is 31.4 Å². The summed E-state index contributed by atoms with van der Waals surface area (Å²) in [5.74, 6) is 4.48. The fourth-order valence-corrected chi connectivity index (χ4v) is 2.10. The molecule has 2 aromatic carbocycles. The van der Waals surface area contributed by atoms with Gasteiger partial charge in [-0.3, -0.25) is 0 Å². The Hall–Kier alpha value is -2.25. The molecule has 1 N–H and O–H groups in total. The zero-order valence-electron chi connectivity index (χ0n) is 12.2. The first-order chi connectivity index (χ1) is 10.2. The lowest BCUT2D eigenvalue weighted by Crippen LogP contribution is -2.41. The van der Waals surface area contributed by atoms with Crippen molar-refractivity contribution >= 4 is 0 Å². The highest BCUT2D eigenvalue weighted by atomic mass is 19.4. The Morgan fingerprint density at radius 2 is 1.59 bits per heavy atom. The van der Waals surface area contributed by atoms with Crippen LogP contribution in [-0.2, 0) is 5.60 Å². The fraction of sp³-hybridized carbons (Fsp3) is 0.222. The topological polar surface area (TPSA) is 20.2 Å². The summed E-state index contributed by atoms with van der Waals surface area (Å²) < 4.78 is 39.9. The molecule has 0 amide bonds. The van der Waals surface area contributed by atoms with Crippen molar-refractivity contribution in [1.29, 1.82) is 0 Å². The summed E-state index contributed by atoms with van der Waals surface area (Å²) in [6.07, 6.45) is -4.89. The molecule has 0 aromatic heterocycles. The van der Waals surface area contributed by atoms with Gasteiger partial charge in [-0.2, -0.15) is 13.2 Å². The van der Waals surface area contributed by atoms with Crippen molar-refractivity contribution in [2.45, 2.75) is 25.6 Å². The molecule has 4 heteroatoms. The predicted octanol–water partition coefficient (Wildman–Crippen LogP) is 4.11. The van der Waals surface area contributed by atoms with Gasteiger partial charge >= 0.3 is 6.18 Å². The highest BCUT2D eigenvalue weighted by Crippen LogP contribution is 2.38. The Labute approximate surface area is 127 Å². The molecule has 114 valence electrons. The Kier molecular flexibility index (Phi) is 4.30. The first kappa shape index (κ1) is 16.1. The maximum Gasteiger partial charge on any atom is 0.433 e. The van der Waals surface area contributed by atoms with Gasteiger partial charge in [0.05, 0.1) is 0 Å². The van der Waals surface area contributed by atoms with Crippen molar-refractivity contribution in [3.05, 3.63) is 70.8 Å². The van der Waals surface area contributed by atoms with Crippen LogP contribution < -0.4 is 0 Å². The molecule has 0 aliphatic heterocycles. The quantitative estimate of drug-likeness (QED) is 0.786. The van der Waals surface area contributed by atoms with E-state index in [4.69, 9.17) is 0 Å². The number of aliphatic hydroxyl groups is 1. The largest absolute Gasteiger partial charge is 0.433 e. The van der Waals surface area contributed by atoms with Crippen LogP contribution in [0.3, 0.4) is 0 Å². The second kappa shape index (κ2) is 5.86. The third-order valence-electron chi connectivity index (χ3n) is 3.36. The zero-order valence-corrected chi connectivity index (χ0v) is 12.2. The van der Waals surface area contributed by atoms with Crippen molar-refractivity contribution in [3.63, 3.8) is 0 Å². The van der Waals surface area contributed by atoms with Crippen molar-refractivity contribution in [2.75, 3.05) is 0 Å². The first-order valence-electron chi connectivity index (χ1n) is 6.69. The third kappa shape index (κ3) is 3.15. The van der Waals surface area contributed by atoms with E-state index in [0.717, 1.165) is 11.1 Å². The number of hydrogen-bond donors (Lipinski definition) is 1. The monoisotopic (exact) mass is 304 g/mol. The molecule has 22 heavy (non-hydrogen) atoms. The van der Waals surface area contributed by atoms with Crippen molar-refractivity contribution in [1.82, 2.24) is 0 Å². The lowest BCUT2D eigenvalue weighted by atomic mass is 9.93. The highest BCUT2D eigenvalue weighted by Gasteiger charge is 2.54. The molecule has 1 atom stereocenters. The molecule has 2 aromatic rings. The SMILES string of the molecule is Cc1ccc(C#CC(O)(c2ccccc2)C(F)(F)F)c(C)c1. The molecule has 0 bridgehead atoms. The molecule has 0 aliphatic rings.